The van der Waals surface area contributed by atoms with Crippen molar-refractivity contribution < 1.29 is 9.13 Å². The van der Waals surface area contributed by atoms with Crippen LogP contribution in [0.2, 0.25) is 0 Å². The number of halogens is 1. The van der Waals surface area contributed by atoms with Gasteiger partial charge in [0.05, 0.1) is 24.3 Å². The van der Waals surface area contributed by atoms with E-state index in [9.17, 15) is 4.39 Å². The standard InChI is InChI=1S/C18H25FN4O/c1-13-9-22(11-17-20-12-21-23(17)18(2,3)4)10-16(24-13)14-5-7-15(19)8-6-14/h5-8,12-13,16H,9-11H2,1-4H3. The van der Waals surface area contributed by atoms with Gasteiger partial charge >= 0.3 is 0 Å². The third kappa shape index (κ3) is 3.82. The number of hydrogen-bond donors (Lipinski definition) is 0. The summed E-state index contributed by atoms with van der Waals surface area (Å²) in [6.07, 6.45) is 1.67. The number of hydrogen-bond acceptors (Lipinski definition) is 4. The lowest BCUT2D eigenvalue weighted by Gasteiger charge is -2.37. The maximum Gasteiger partial charge on any atom is 0.141 e. The van der Waals surface area contributed by atoms with Crippen molar-refractivity contribution in [3.05, 3.63) is 47.8 Å². The van der Waals surface area contributed by atoms with Crippen LogP contribution in [0.25, 0.3) is 0 Å². The van der Waals surface area contributed by atoms with Crippen molar-refractivity contribution in [2.24, 2.45) is 0 Å². The van der Waals surface area contributed by atoms with Crippen LogP contribution in [0.4, 0.5) is 4.39 Å². The number of nitrogens with zero attached hydrogens (tertiary/aromatic N) is 4. The molecular formula is C18H25FN4O. The van der Waals surface area contributed by atoms with Crippen molar-refractivity contribution >= 4 is 0 Å². The molecule has 1 aliphatic rings. The molecule has 24 heavy (non-hydrogen) atoms. The minimum absolute atomic E-state index is 0.0552. The summed E-state index contributed by atoms with van der Waals surface area (Å²) in [5.74, 6) is 0.729. The lowest BCUT2D eigenvalue weighted by molar-refractivity contribution is -0.0824. The monoisotopic (exact) mass is 332 g/mol. The van der Waals surface area contributed by atoms with Gasteiger partial charge < -0.3 is 4.74 Å². The molecule has 0 radical (unpaired) electrons. The zero-order chi connectivity index (χ0) is 17.3. The van der Waals surface area contributed by atoms with Gasteiger partial charge in [-0.25, -0.2) is 14.1 Å². The molecule has 0 N–H and O–H groups in total. The molecule has 130 valence electrons. The van der Waals surface area contributed by atoms with Crippen molar-refractivity contribution in [2.45, 2.75) is 52.0 Å². The quantitative estimate of drug-likeness (QED) is 0.866. The number of aromatic nitrogens is 3. The molecular weight excluding hydrogens is 307 g/mol. The van der Waals surface area contributed by atoms with E-state index in [0.717, 1.165) is 31.0 Å². The highest BCUT2D eigenvalue weighted by atomic mass is 19.1. The average molecular weight is 332 g/mol. The van der Waals surface area contributed by atoms with Gasteiger partial charge in [-0.05, 0) is 45.4 Å². The molecule has 0 bridgehead atoms. The first-order chi connectivity index (χ1) is 11.3. The van der Waals surface area contributed by atoms with Crippen molar-refractivity contribution in [1.82, 2.24) is 19.7 Å². The molecule has 2 atom stereocenters. The van der Waals surface area contributed by atoms with Crippen LogP contribution in [-0.4, -0.2) is 38.9 Å². The second-order valence-corrected chi connectivity index (χ2v) is 7.44. The highest BCUT2D eigenvalue weighted by Gasteiger charge is 2.28. The zero-order valence-electron chi connectivity index (χ0n) is 14.7. The van der Waals surface area contributed by atoms with E-state index in [-0.39, 0.29) is 23.6 Å². The van der Waals surface area contributed by atoms with Gasteiger partial charge in [0, 0.05) is 13.1 Å². The summed E-state index contributed by atoms with van der Waals surface area (Å²) in [7, 11) is 0. The Labute approximate surface area is 142 Å². The molecule has 6 heteroatoms. The third-order valence-electron chi connectivity index (χ3n) is 4.20. The fourth-order valence-corrected chi connectivity index (χ4v) is 3.16. The number of benzene rings is 1. The molecule has 1 fully saturated rings. The number of morpholine rings is 1. The van der Waals surface area contributed by atoms with E-state index in [1.54, 1.807) is 18.5 Å². The molecule has 5 nitrogen and oxygen atoms in total. The highest BCUT2D eigenvalue weighted by molar-refractivity contribution is 5.19. The normalized spacial score (nSPS) is 22.7. The molecule has 0 saturated carbocycles. The largest absolute Gasteiger partial charge is 0.368 e. The minimum atomic E-state index is -0.224. The molecule has 1 saturated heterocycles. The van der Waals surface area contributed by atoms with Gasteiger partial charge in [-0.3, -0.25) is 4.90 Å². The number of rotatable bonds is 3. The summed E-state index contributed by atoms with van der Waals surface area (Å²) in [5.41, 5.74) is 0.908. The smallest absolute Gasteiger partial charge is 0.141 e. The topological polar surface area (TPSA) is 43.2 Å². The Morgan fingerprint density at radius 3 is 2.58 bits per heavy atom. The molecule has 0 aliphatic carbocycles. The minimum Gasteiger partial charge on any atom is -0.368 e. The summed E-state index contributed by atoms with van der Waals surface area (Å²) in [5, 5.41) is 4.36. The molecule has 1 aromatic heterocycles. The van der Waals surface area contributed by atoms with Crippen LogP contribution in [0.5, 0.6) is 0 Å². The first kappa shape index (κ1) is 17.0. The summed E-state index contributed by atoms with van der Waals surface area (Å²) in [4.78, 5) is 6.76. The predicted molar refractivity (Wildman–Crippen MR) is 90.0 cm³/mol. The molecule has 2 unspecified atom stereocenters. The fraction of sp³-hybridized carbons (Fsp3) is 0.556. The summed E-state index contributed by atoms with van der Waals surface area (Å²) in [6, 6.07) is 6.57. The van der Waals surface area contributed by atoms with Crippen molar-refractivity contribution in [3.63, 3.8) is 0 Å². The van der Waals surface area contributed by atoms with Gasteiger partial charge in [0.1, 0.15) is 18.0 Å². The van der Waals surface area contributed by atoms with Crippen LogP contribution >= 0.6 is 0 Å². The SMILES string of the molecule is CC1CN(Cc2ncnn2C(C)(C)C)CC(c2ccc(F)cc2)O1. The van der Waals surface area contributed by atoms with Crippen LogP contribution in [0, 0.1) is 5.82 Å². The Morgan fingerprint density at radius 1 is 1.21 bits per heavy atom. The Kier molecular flexibility index (Phi) is 4.69. The van der Waals surface area contributed by atoms with Crippen molar-refractivity contribution in [3.8, 4) is 0 Å². The molecule has 0 spiro atoms. The van der Waals surface area contributed by atoms with Crippen molar-refractivity contribution in [2.75, 3.05) is 13.1 Å². The summed E-state index contributed by atoms with van der Waals surface area (Å²) in [6.45, 7) is 10.7. The van der Waals surface area contributed by atoms with Crippen LogP contribution in [0.3, 0.4) is 0 Å². The molecule has 1 aromatic carbocycles. The molecule has 2 aromatic rings. The molecule has 3 rings (SSSR count). The second-order valence-electron chi connectivity index (χ2n) is 7.44. The van der Waals surface area contributed by atoms with Crippen molar-refractivity contribution in [1.29, 1.82) is 0 Å². The van der Waals surface area contributed by atoms with Gasteiger partial charge in [0.2, 0.25) is 0 Å². The fourth-order valence-electron chi connectivity index (χ4n) is 3.16. The maximum absolute atomic E-state index is 13.1. The Hall–Kier alpha value is -1.79. The lowest BCUT2D eigenvalue weighted by Crippen LogP contribution is -2.43. The zero-order valence-corrected chi connectivity index (χ0v) is 14.7. The predicted octanol–water partition coefficient (Wildman–Crippen LogP) is 3.13. The summed E-state index contributed by atoms with van der Waals surface area (Å²) < 4.78 is 21.2. The van der Waals surface area contributed by atoms with E-state index in [1.807, 2.05) is 4.68 Å². The van der Waals surface area contributed by atoms with Gasteiger partial charge in [0.15, 0.2) is 0 Å². The maximum atomic E-state index is 13.1. The Balaban J connectivity index is 1.75. The van der Waals surface area contributed by atoms with E-state index in [1.165, 1.54) is 12.1 Å². The van der Waals surface area contributed by atoms with Gasteiger partial charge in [-0.15, -0.1) is 0 Å². The third-order valence-corrected chi connectivity index (χ3v) is 4.20. The Bertz CT molecular complexity index is 677. The van der Waals surface area contributed by atoms with Gasteiger partial charge in [0.25, 0.3) is 0 Å². The van der Waals surface area contributed by atoms with Crippen LogP contribution in [0.15, 0.2) is 30.6 Å². The average Bonchev–Trinajstić information content (AvgIpc) is 2.95. The Morgan fingerprint density at radius 2 is 1.92 bits per heavy atom. The second kappa shape index (κ2) is 6.61. The van der Waals surface area contributed by atoms with E-state index in [4.69, 9.17) is 4.74 Å². The summed E-state index contributed by atoms with van der Waals surface area (Å²) >= 11 is 0. The van der Waals surface area contributed by atoms with E-state index >= 15 is 0 Å². The molecule has 2 heterocycles. The van der Waals surface area contributed by atoms with Gasteiger partial charge in [-0.2, -0.15) is 5.10 Å². The van der Waals surface area contributed by atoms with E-state index in [2.05, 4.69) is 42.7 Å². The first-order valence-electron chi connectivity index (χ1n) is 8.35. The van der Waals surface area contributed by atoms with E-state index in [0.29, 0.717) is 0 Å². The van der Waals surface area contributed by atoms with Gasteiger partial charge in [-0.1, -0.05) is 12.1 Å². The van der Waals surface area contributed by atoms with Crippen LogP contribution in [0.1, 0.15) is 45.2 Å². The van der Waals surface area contributed by atoms with E-state index < -0.39 is 0 Å². The highest BCUT2D eigenvalue weighted by Crippen LogP contribution is 2.26. The number of ether oxygens (including phenoxy) is 1. The molecule has 0 amide bonds. The lowest BCUT2D eigenvalue weighted by atomic mass is 10.1. The van der Waals surface area contributed by atoms with Crippen LogP contribution < -0.4 is 0 Å². The molecule has 1 aliphatic heterocycles. The first-order valence-corrected chi connectivity index (χ1v) is 8.35. The van der Waals surface area contributed by atoms with Crippen LogP contribution in [-0.2, 0) is 16.8 Å².